The number of hydrogen-bond acceptors (Lipinski definition) is 3. The van der Waals surface area contributed by atoms with Crippen LogP contribution in [0.4, 0.5) is 5.82 Å². The molecule has 0 saturated carbocycles. The van der Waals surface area contributed by atoms with Crippen LogP contribution >= 0.6 is 11.8 Å². The van der Waals surface area contributed by atoms with Crippen molar-refractivity contribution >= 4 is 17.6 Å². The first kappa shape index (κ1) is 8.46. The lowest BCUT2D eigenvalue weighted by molar-refractivity contribution is 0.778. The second-order valence-corrected chi connectivity index (χ2v) is 4.30. The monoisotopic (exact) mass is 171 g/mol. The molecule has 0 unspecified atom stereocenters. The van der Waals surface area contributed by atoms with Crippen molar-refractivity contribution in [3.8, 4) is 0 Å². The summed E-state index contributed by atoms with van der Waals surface area (Å²) >= 11 is 1.74. The van der Waals surface area contributed by atoms with Gasteiger partial charge in [0.25, 0.3) is 0 Å². The zero-order chi connectivity index (χ0) is 8.43. The van der Waals surface area contributed by atoms with Crippen LogP contribution in [0.2, 0.25) is 0 Å². The van der Waals surface area contributed by atoms with Crippen molar-refractivity contribution in [2.45, 2.75) is 24.0 Å². The van der Waals surface area contributed by atoms with Gasteiger partial charge in [-0.2, -0.15) is 5.10 Å². The number of nitrogens with two attached hydrogens (primary N) is 1. The Bertz CT molecular complexity index is 242. The number of thioether (sulfide) groups is 1. The summed E-state index contributed by atoms with van der Waals surface area (Å²) in [5.41, 5.74) is 5.73. The van der Waals surface area contributed by atoms with E-state index in [9.17, 15) is 0 Å². The van der Waals surface area contributed by atoms with Gasteiger partial charge in [0.1, 0.15) is 5.82 Å². The molecule has 0 atom stereocenters. The third-order valence-corrected chi connectivity index (χ3v) is 2.35. The van der Waals surface area contributed by atoms with E-state index in [1.165, 1.54) is 0 Å². The molecule has 3 nitrogen and oxygen atoms in total. The summed E-state index contributed by atoms with van der Waals surface area (Å²) in [7, 11) is 1.85. The van der Waals surface area contributed by atoms with Crippen LogP contribution < -0.4 is 5.73 Å². The highest BCUT2D eigenvalue weighted by Gasteiger charge is 2.06. The fourth-order valence-electron chi connectivity index (χ4n) is 0.772. The second-order valence-electron chi connectivity index (χ2n) is 2.68. The summed E-state index contributed by atoms with van der Waals surface area (Å²) < 4.78 is 1.69. The molecule has 0 amide bonds. The summed E-state index contributed by atoms with van der Waals surface area (Å²) in [4.78, 5) is 1.07. The Morgan fingerprint density at radius 3 is 2.64 bits per heavy atom. The lowest BCUT2D eigenvalue weighted by Crippen LogP contribution is -1.98. The second kappa shape index (κ2) is 3.17. The van der Waals surface area contributed by atoms with Crippen LogP contribution in [0.25, 0.3) is 0 Å². The van der Waals surface area contributed by atoms with Crippen LogP contribution in [-0.4, -0.2) is 15.0 Å². The number of rotatable bonds is 2. The first-order valence-corrected chi connectivity index (χ1v) is 4.43. The van der Waals surface area contributed by atoms with Gasteiger partial charge in [-0.25, -0.2) is 0 Å². The van der Waals surface area contributed by atoms with Crippen LogP contribution in [-0.2, 0) is 7.05 Å². The van der Waals surface area contributed by atoms with Gasteiger partial charge in [-0.05, 0) is 0 Å². The van der Waals surface area contributed by atoms with E-state index >= 15 is 0 Å². The molecule has 1 aromatic rings. The number of aryl methyl sites for hydroxylation is 1. The van der Waals surface area contributed by atoms with Crippen molar-refractivity contribution in [1.82, 2.24) is 9.78 Å². The summed E-state index contributed by atoms with van der Waals surface area (Å²) in [5.74, 6) is 0.753. The third-order valence-electron chi connectivity index (χ3n) is 1.31. The average Bonchev–Trinajstić information content (AvgIpc) is 2.18. The van der Waals surface area contributed by atoms with Crippen molar-refractivity contribution in [1.29, 1.82) is 0 Å². The minimum absolute atomic E-state index is 0.557. The summed E-state index contributed by atoms with van der Waals surface area (Å²) in [5, 5.41) is 4.60. The fourth-order valence-corrected chi connectivity index (χ4v) is 1.64. The van der Waals surface area contributed by atoms with Gasteiger partial charge < -0.3 is 5.73 Å². The van der Waals surface area contributed by atoms with Crippen LogP contribution in [0.5, 0.6) is 0 Å². The SMILES string of the molecule is CC(C)Sc1cnn(C)c1N. The number of aromatic nitrogens is 2. The molecule has 62 valence electrons. The molecule has 0 bridgehead atoms. The predicted octanol–water partition coefficient (Wildman–Crippen LogP) is 1.50. The molecule has 0 aromatic carbocycles. The summed E-state index contributed by atoms with van der Waals surface area (Å²) in [6.45, 7) is 4.27. The molecule has 0 aliphatic rings. The molecule has 1 rings (SSSR count). The van der Waals surface area contributed by atoms with Crippen LogP contribution in [0.3, 0.4) is 0 Å². The maximum atomic E-state index is 5.73. The molecule has 0 spiro atoms. The fraction of sp³-hybridized carbons (Fsp3) is 0.571. The quantitative estimate of drug-likeness (QED) is 0.686. The standard InChI is InChI=1S/C7H13N3S/c1-5(2)11-6-4-9-10(3)7(6)8/h4-5H,8H2,1-3H3. The molecule has 1 heterocycles. The van der Waals surface area contributed by atoms with Gasteiger partial charge in [0, 0.05) is 12.3 Å². The van der Waals surface area contributed by atoms with Gasteiger partial charge >= 0.3 is 0 Å². The van der Waals surface area contributed by atoms with Gasteiger partial charge in [0.2, 0.25) is 0 Å². The summed E-state index contributed by atoms with van der Waals surface area (Å²) in [6.07, 6.45) is 1.81. The van der Waals surface area contributed by atoms with Crippen LogP contribution in [0.15, 0.2) is 11.1 Å². The highest BCUT2D eigenvalue weighted by atomic mass is 32.2. The Balaban J connectivity index is 2.79. The average molecular weight is 171 g/mol. The molecular weight excluding hydrogens is 158 g/mol. The molecule has 11 heavy (non-hydrogen) atoms. The lowest BCUT2D eigenvalue weighted by Gasteiger charge is -2.02. The van der Waals surface area contributed by atoms with Crippen LogP contribution in [0.1, 0.15) is 13.8 Å². The first-order chi connectivity index (χ1) is 5.11. The molecule has 0 aliphatic carbocycles. The molecule has 2 N–H and O–H groups in total. The Labute approximate surface area is 71.0 Å². The van der Waals surface area contributed by atoms with E-state index in [4.69, 9.17) is 5.73 Å². The van der Waals surface area contributed by atoms with Crippen LogP contribution in [0, 0.1) is 0 Å². The largest absolute Gasteiger partial charge is 0.383 e. The van der Waals surface area contributed by atoms with Crippen molar-refractivity contribution in [2.75, 3.05) is 5.73 Å². The number of nitrogens with zero attached hydrogens (tertiary/aromatic N) is 2. The van der Waals surface area contributed by atoms with E-state index in [0.717, 1.165) is 10.7 Å². The van der Waals surface area contributed by atoms with Gasteiger partial charge in [0.15, 0.2) is 0 Å². The maximum absolute atomic E-state index is 5.73. The maximum Gasteiger partial charge on any atom is 0.135 e. The Hall–Kier alpha value is -0.640. The normalized spacial score (nSPS) is 10.9. The van der Waals surface area contributed by atoms with E-state index < -0.39 is 0 Å². The van der Waals surface area contributed by atoms with E-state index in [1.54, 1.807) is 22.6 Å². The highest BCUT2D eigenvalue weighted by molar-refractivity contribution is 8.00. The van der Waals surface area contributed by atoms with E-state index in [2.05, 4.69) is 18.9 Å². The smallest absolute Gasteiger partial charge is 0.135 e. The van der Waals surface area contributed by atoms with E-state index in [-0.39, 0.29) is 0 Å². The molecule has 0 fully saturated rings. The van der Waals surface area contributed by atoms with Crippen molar-refractivity contribution < 1.29 is 0 Å². The molecule has 1 aromatic heterocycles. The van der Waals surface area contributed by atoms with E-state index in [0.29, 0.717) is 5.25 Å². The van der Waals surface area contributed by atoms with Crippen molar-refractivity contribution in [3.05, 3.63) is 6.20 Å². The van der Waals surface area contributed by atoms with Gasteiger partial charge in [-0.3, -0.25) is 4.68 Å². The molecule has 0 radical (unpaired) electrons. The van der Waals surface area contributed by atoms with Gasteiger partial charge in [0.05, 0.1) is 11.1 Å². The molecular formula is C7H13N3S. The Kier molecular flexibility index (Phi) is 2.44. The Morgan fingerprint density at radius 2 is 2.27 bits per heavy atom. The minimum atomic E-state index is 0.557. The zero-order valence-corrected chi connectivity index (χ0v) is 7.85. The topological polar surface area (TPSA) is 43.8 Å². The first-order valence-electron chi connectivity index (χ1n) is 3.55. The number of anilines is 1. The Morgan fingerprint density at radius 1 is 1.64 bits per heavy atom. The highest BCUT2D eigenvalue weighted by Crippen LogP contribution is 2.27. The zero-order valence-electron chi connectivity index (χ0n) is 7.03. The number of hydrogen-bond donors (Lipinski definition) is 1. The molecule has 0 aliphatic heterocycles. The molecule has 4 heteroatoms. The summed E-state index contributed by atoms with van der Waals surface area (Å²) in [6, 6.07) is 0. The third kappa shape index (κ3) is 1.89. The molecule has 0 saturated heterocycles. The minimum Gasteiger partial charge on any atom is -0.383 e. The van der Waals surface area contributed by atoms with Gasteiger partial charge in [-0.15, -0.1) is 11.8 Å². The van der Waals surface area contributed by atoms with Crippen molar-refractivity contribution in [2.24, 2.45) is 7.05 Å². The van der Waals surface area contributed by atoms with Gasteiger partial charge in [-0.1, -0.05) is 13.8 Å². The van der Waals surface area contributed by atoms with Crippen molar-refractivity contribution in [3.63, 3.8) is 0 Å². The lowest BCUT2D eigenvalue weighted by atomic mass is 10.6. The van der Waals surface area contributed by atoms with E-state index in [1.807, 2.05) is 7.05 Å². The predicted molar refractivity (Wildman–Crippen MR) is 48.6 cm³/mol. The number of nitrogen functional groups attached to an aromatic ring is 1.